The number of benzene rings is 2. The molecule has 5 heteroatoms. The van der Waals surface area contributed by atoms with Crippen molar-refractivity contribution < 1.29 is 14.3 Å². The van der Waals surface area contributed by atoms with Gasteiger partial charge < -0.3 is 14.4 Å². The smallest absolute Gasteiger partial charge is 0.258 e. The van der Waals surface area contributed by atoms with Gasteiger partial charge in [-0.2, -0.15) is 0 Å². The van der Waals surface area contributed by atoms with Crippen molar-refractivity contribution in [1.82, 2.24) is 0 Å². The highest BCUT2D eigenvalue weighted by Crippen LogP contribution is 2.45. The van der Waals surface area contributed by atoms with Crippen LogP contribution >= 0.6 is 11.6 Å². The lowest BCUT2D eigenvalue weighted by molar-refractivity contribution is -0.117. The summed E-state index contributed by atoms with van der Waals surface area (Å²) in [5.41, 5.74) is 2.38. The molecule has 2 aromatic rings. The van der Waals surface area contributed by atoms with E-state index in [0.29, 0.717) is 17.0 Å². The molecule has 1 amide bonds. The number of carbonyl (C=O) groups excluding carboxylic acids is 2. The summed E-state index contributed by atoms with van der Waals surface area (Å²) < 4.78 is 5.32. The van der Waals surface area contributed by atoms with Gasteiger partial charge in [-0.15, -0.1) is 0 Å². The zero-order valence-electron chi connectivity index (χ0n) is 14.5. The third-order valence-electron chi connectivity index (χ3n) is 4.70. The van der Waals surface area contributed by atoms with Gasteiger partial charge in [-0.3, -0.25) is 4.79 Å². The van der Waals surface area contributed by atoms with Crippen molar-refractivity contribution in [1.29, 1.82) is 0 Å². The van der Waals surface area contributed by atoms with Crippen molar-refractivity contribution >= 4 is 29.0 Å². The first-order valence-corrected chi connectivity index (χ1v) is 8.56. The second kappa shape index (κ2) is 6.89. The highest BCUT2D eigenvalue weighted by molar-refractivity contribution is 6.30. The third-order valence-corrected chi connectivity index (χ3v) is 4.95. The number of fused-ring (bicyclic) bond motifs is 1. The van der Waals surface area contributed by atoms with Gasteiger partial charge in [-0.05, 0) is 61.9 Å². The molecule has 0 N–H and O–H groups in total. The maximum atomic E-state index is 13.1. The maximum Gasteiger partial charge on any atom is 0.258 e. The molecule has 1 heterocycles. The number of carbonyl (C=O) groups is 2. The van der Waals surface area contributed by atoms with Crippen LogP contribution in [0.25, 0.3) is 0 Å². The topological polar surface area (TPSA) is 46.6 Å². The molecule has 4 nitrogen and oxygen atoms in total. The molecule has 1 aliphatic rings. The Bertz CT molecular complexity index is 816. The molecule has 0 bridgehead atoms. The molecule has 2 atom stereocenters. The van der Waals surface area contributed by atoms with Gasteiger partial charge in [0.1, 0.15) is 11.5 Å². The van der Waals surface area contributed by atoms with Crippen LogP contribution in [0.15, 0.2) is 42.5 Å². The molecular formula is C20H20ClNO3. The van der Waals surface area contributed by atoms with Crippen LogP contribution in [-0.2, 0) is 4.79 Å². The number of hydrogen-bond donors (Lipinski definition) is 0. The Morgan fingerprint density at radius 1 is 1.16 bits per heavy atom. The van der Waals surface area contributed by atoms with Crippen molar-refractivity contribution in [3.63, 3.8) is 0 Å². The van der Waals surface area contributed by atoms with E-state index < -0.39 is 0 Å². The summed E-state index contributed by atoms with van der Waals surface area (Å²) in [5, 5.41) is 0.589. The van der Waals surface area contributed by atoms with Gasteiger partial charge >= 0.3 is 0 Å². The standard InChI is InChI=1S/C20H20ClNO3/c1-12(23)10-17-13(2)22(19-9-8-16(25-3)11-18(17)19)20(24)14-4-6-15(21)7-5-14/h4-9,11,13,17H,10H2,1-3H3. The fourth-order valence-electron chi connectivity index (χ4n) is 3.45. The number of ether oxygens (including phenoxy) is 1. The number of halogens is 1. The fourth-order valence-corrected chi connectivity index (χ4v) is 3.58. The van der Waals surface area contributed by atoms with E-state index in [1.165, 1.54) is 0 Å². The molecule has 130 valence electrons. The predicted molar refractivity (Wildman–Crippen MR) is 98.8 cm³/mol. The summed E-state index contributed by atoms with van der Waals surface area (Å²) in [6.07, 6.45) is 0.395. The lowest BCUT2D eigenvalue weighted by Crippen LogP contribution is -2.37. The first-order valence-electron chi connectivity index (χ1n) is 8.19. The third kappa shape index (κ3) is 3.27. The molecule has 0 aromatic heterocycles. The van der Waals surface area contributed by atoms with Crippen LogP contribution in [0.2, 0.25) is 5.02 Å². The van der Waals surface area contributed by atoms with Crippen molar-refractivity contribution in [3.8, 4) is 5.75 Å². The second-order valence-corrected chi connectivity index (χ2v) is 6.80. The van der Waals surface area contributed by atoms with E-state index in [2.05, 4.69) is 0 Å². The molecular weight excluding hydrogens is 338 g/mol. The van der Waals surface area contributed by atoms with Gasteiger partial charge in [0.05, 0.1) is 7.11 Å². The Labute approximate surface area is 152 Å². The van der Waals surface area contributed by atoms with E-state index in [1.54, 1.807) is 43.2 Å². The molecule has 2 unspecified atom stereocenters. The first-order chi connectivity index (χ1) is 11.9. The minimum atomic E-state index is -0.116. The van der Waals surface area contributed by atoms with E-state index in [9.17, 15) is 9.59 Å². The van der Waals surface area contributed by atoms with E-state index >= 15 is 0 Å². The molecule has 0 radical (unpaired) electrons. The van der Waals surface area contributed by atoms with Crippen LogP contribution in [0.3, 0.4) is 0 Å². The minimum Gasteiger partial charge on any atom is -0.497 e. The predicted octanol–water partition coefficient (Wildman–Crippen LogP) is 4.46. The minimum absolute atomic E-state index is 0.0427. The number of Topliss-reactive ketones (excluding diaryl/α,β-unsaturated/α-hetero) is 1. The average molecular weight is 358 g/mol. The SMILES string of the molecule is COc1ccc2c(c1)C(CC(C)=O)C(C)N2C(=O)c1ccc(Cl)cc1. The van der Waals surface area contributed by atoms with E-state index in [0.717, 1.165) is 17.0 Å². The normalized spacial score (nSPS) is 18.8. The molecule has 0 fully saturated rings. The summed E-state index contributed by atoms with van der Waals surface area (Å²) in [7, 11) is 1.61. The number of anilines is 1. The van der Waals surface area contributed by atoms with Gasteiger partial charge in [0.2, 0.25) is 0 Å². The molecule has 0 spiro atoms. The number of nitrogens with zero attached hydrogens (tertiary/aromatic N) is 1. The number of hydrogen-bond acceptors (Lipinski definition) is 3. The Morgan fingerprint density at radius 2 is 1.84 bits per heavy atom. The van der Waals surface area contributed by atoms with Crippen LogP contribution < -0.4 is 9.64 Å². The van der Waals surface area contributed by atoms with Crippen LogP contribution in [-0.4, -0.2) is 24.8 Å². The molecule has 3 rings (SSSR count). The Morgan fingerprint density at radius 3 is 2.44 bits per heavy atom. The van der Waals surface area contributed by atoms with Gasteiger partial charge in [0.15, 0.2) is 0 Å². The first kappa shape index (κ1) is 17.5. The average Bonchev–Trinajstić information content (AvgIpc) is 2.86. The molecule has 0 aliphatic carbocycles. The number of ketones is 1. The summed E-state index contributed by atoms with van der Waals surface area (Å²) in [5.74, 6) is 0.687. The molecule has 2 aromatic carbocycles. The number of amides is 1. The van der Waals surface area contributed by atoms with E-state index in [1.807, 2.05) is 25.1 Å². The number of rotatable bonds is 4. The van der Waals surface area contributed by atoms with Gasteiger partial charge in [-0.25, -0.2) is 0 Å². The molecule has 0 saturated carbocycles. The lowest BCUT2D eigenvalue weighted by Gasteiger charge is -2.25. The van der Waals surface area contributed by atoms with Crippen molar-refractivity contribution in [2.45, 2.75) is 32.2 Å². The monoisotopic (exact) mass is 357 g/mol. The zero-order chi connectivity index (χ0) is 18.1. The van der Waals surface area contributed by atoms with Crippen molar-refractivity contribution in [2.75, 3.05) is 12.0 Å². The van der Waals surface area contributed by atoms with E-state index in [4.69, 9.17) is 16.3 Å². The Hall–Kier alpha value is -2.33. The van der Waals surface area contributed by atoms with Crippen LogP contribution in [0.4, 0.5) is 5.69 Å². The van der Waals surface area contributed by atoms with Gasteiger partial charge in [0.25, 0.3) is 5.91 Å². The fraction of sp³-hybridized carbons (Fsp3) is 0.300. The van der Waals surface area contributed by atoms with Crippen LogP contribution in [0.5, 0.6) is 5.75 Å². The number of methoxy groups -OCH3 is 1. The molecule has 1 aliphatic heterocycles. The summed E-state index contributed by atoms with van der Waals surface area (Å²) in [4.78, 5) is 26.6. The molecule has 0 saturated heterocycles. The van der Waals surface area contributed by atoms with Crippen molar-refractivity contribution in [2.24, 2.45) is 0 Å². The Kier molecular flexibility index (Phi) is 4.82. The highest BCUT2D eigenvalue weighted by Gasteiger charge is 2.39. The molecule has 25 heavy (non-hydrogen) atoms. The maximum absolute atomic E-state index is 13.1. The van der Waals surface area contributed by atoms with Gasteiger partial charge in [-0.1, -0.05) is 11.6 Å². The lowest BCUT2D eigenvalue weighted by atomic mass is 9.91. The Balaban J connectivity index is 2.04. The summed E-state index contributed by atoms with van der Waals surface area (Å²) >= 11 is 5.92. The summed E-state index contributed by atoms with van der Waals surface area (Å²) in [6, 6.07) is 12.4. The second-order valence-electron chi connectivity index (χ2n) is 6.36. The van der Waals surface area contributed by atoms with E-state index in [-0.39, 0.29) is 23.7 Å². The van der Waals surface area contributed by atoms with Gasteiger partial charge in [0, 0.05) is 34.7 Å². The largest absolute Gasteiger partial charge is 0.497 e. The van der Waals surface area contributed by atoms with Crippen LogP contribution in [0.1, 0.15) is 42.1 Å². The highest BCUT2D eigenvalue weighted by atomic mass is 35.5. The zero-order valence-corrected chi connectivity index (χ0v) is 15.2. The quantitative estimate of drug-likeness (QED) is 0.811. The van der Waals surface area contributed by atoms with Crippen LogP contribution in [0, 0.1) is 0 Å². The van der Waals surface area contributed by atoms with Crippen molar-refractivity contribution in [3.05, 3.63) is 58.6 Å². The summed E-state index contributed by atoms with van der Waals surface area (Å²) in [6.45, 7) is 3.56.